The van der Waals surface area contributed by atoms with Gasteiger partial charge in [-0.1, -0.05) is 116 Å². The smallest absolute Gasteiger partial charge is 0.330 e. The lowest BCUT2D eigenvalue weighted by Crippen LogP contribution is -2.45. The molecule has 0 aliphatic heterocycles. The Morgan fingerprint density at radius 3 is 2.12 bits per heavy atom. The summed E-state index contributed by atoms with van der Waals surface area (Å²) >= 11 is 0. The highest BCUT2D eigenvalue weighted by Crippen LogP contribution is 2.53. The highest BCUT2D eigenvalue weighted by molar-refractivity contribution is 6.74. The summed E-state index contributed by atoms with van der Waals surface area (Å²) in [5, 5.41) is 0.249. The van der Waals surface area contributed by atoms with Gasteiger partial charge in [-0.2, -0.15) is 0 Å². The molecular weight excluding hydrogens is 661 g/mol. The van der Waals surface area contributed by atoms with Gasteiger partial charge in [0.15, 0.2) is 16.6 Å². The van der Waals surface area contributed by atoms with E-state index in [1.54, 1.807) is 0 Å². The van der Waals surface area contributed by atoms with E-state index in [1.165, 1.54) is 17.6 Å². The Balaban J connectivity index is 1.56. The van der Waals surface area contributed by atoms with E-state index in [2.05, 4.69) is 143 Å². The average Bonchev–Trinajstić information content (AvgIpc) is 3.54. The minimum Gasteiger partial charge on any atom is -0.459 e. The molecule has 3 aliphatic carbocycles. The number of allylic oxidation sites excluding steroid dienone is 1. The molecule has 0 N–H and O–H groups in total. The number of hydrogen-bond donors (Lipinski definition) is 0. The number of hydrogen-bond acceptors (Lipinski definition) is 4. The molecule has 51 heavy (non-hydrogen) atoms. The third kappa shape index (κ3) is 9.99. The molecule has 4 rings (SSSR count). The molecule has 8 atom stereocenters. The fourth-order valence-electron chi connectivity index (χ4n) is 8.41. The van der Waals surface area contributed by atoms with Crippen molar-refractivity contribution in [3.05, 3.63) is 59.7 Å². The summed E-state index contributed by atoms with van der Waals surface area (Å²) in [5.74, 6) is 8.02. The second kappa shape index (κ2) is 16.2. The van der Waals surface area contributed by atoms with Gasteiger partial charge in [-0.25, -0.2) is 4.79 Å². The molecule has 0 aromatic heterocycles. The molecule has 4 nitrogen and oxygen atoms in total. The highest BCUT2D eigenvalue weighted by atomic mass is 28.4. The van der Waals surface area contributed by atoms with Crippen LogP contribution in [0, 0.1) is 41.4 Å². The zero-order chi connectivity index (χ0) is 38.0. The largest absolute Gasteiger partial charge is 0.459 e. The van der Waals surface area contributed by atoms with Crippen LogP contribution in [0.5, 0.6) is 0 Å². The molecule has 0 spiro atoms. The van der Waals surface area contributed by atoms with Crippen LogP contribution < -0.4 is 0 Å². The molecule has 284 valence electrons. The van der Waals surface area contributed by atoms with E-state index in [9.17, 15) is 4.79 Å². The monoisotopic (exact) mass is 732 g/mol. The van der Waals surface area contributed by atoms with Crippen LogP contribution in [0.15, 0.2) is 54.1 Å². The normalized spacial score (nSPS) is 28.3. The van der Waals surface area contributed by atoms with Crippen LogP contribution in [-0.4, -0.2) is 40.9 Å². The molecule has 3 aliphatic rings. The van der Waals surface area contributed by atoms with Crippen molar-refractivity contribution >= 4 is 22.6 Å². The number of rotatable bonds is 11. The summed E-state index contributed by atoms with van der Waals surface area (Å²) in [6, 6.07) is 10.8. The first kappa shape index (κ1) is 41.8. The van der Waals surface area contributed by atoms with Crippen molar-refractivity contribution in [2.45, 2.75) is 174 Å². The number of carbonyl (C=O) groups excluding carboxylic acids is 1. The van der Waals surface area contributed by atoms with Gasteiger partial charge in [0.2, 0.25) is 0 Å². The number of fused-ring (bicyclic) bond motifs is 1. The summed E-state index contributed by atoms with van der Waals surface area (Å²) < 4.78 is 20.6. The van der Waals surface area contributed by atoms with Gasteiger partial charge < -0.3 is 13.6 Å². The molecule has 0 radical (unpaired) electrons. The maximum absolute atomic E-state index is 13.6. The fraction of sp³-hybridized carbons (Fsp3) is 0.711. The Kier molecular flexibility index (Phi) is 13.3. The SMILES string of the molecule is CC#C[C@H](C)[C@@H](/C=C/[C@@H]1[C@H]2C/C(=C/C(=O)O[C@H]3CCCC[C@@H]3C(C)(C)c3ccccc3)C[C@H]2C[C@H]1O[Si](C)(C)C(C)(C)C)O[Si](C)(C)C(C)(C)C. The van der Waals surface area contributed by atoms with Gasteiger partial charge in [0.05, 0.1) is 12.2 Å². The van der Waals surface area contributed by atoms with E-state index in [0.29, 0.717) is 17.8 Å². The molecule has 6 heteroatoms. The van der Waals surface area contributed by atoms with Crippen molar-refractivity contribution in [3.63, 3.8) is 0 Å². The van der Waals surface area contributed by atoms with Crippen molar-refractivity contribution in [2.75, 3.05) is 0 Å². The zero-order valence-corrected chi connectivity index (χ0v) is 36.8. The molecule has 3 fully saturated rings. The van der Waals surface area contributed by atoms with Gasteiger partial charge in [-0.05, 0) is 111 Å². The van der Waals surface area contributed by atoms with Crippen LogP contribution in [0.4, 0.5) is 0 Å². The molecule has 0 saturated heterocycles. The first-order chi connectivity index (χ1) is 23.6. The van der Waals surface area contributed by atoms with Crippen LogP contribution in [0.25, 0.3) is 0 Å². The Morgan fingerprint density at radius 1 is 0.882 bits per heavy atom. The molecule has 0 unspecified atom stereocenters. The maximum atomic E-state index is 13.6. The van der Waals surface area contributed by atoms with Crippen molar-refractivity contribution in [1.82, 2.24) is 0 Å². The average molecular weight is 733 g/mol. The summed E-state index contributed by atoms with van der Waals surface area (Å²) in [4.78, 5) is 13.6. The Hall–Kier alpha value is -1.92. The van der Waals surface area contributed by atoms with Crippen molar-refractivity contribution in [1.29, 1.82) is 0 Å². The van der Waals surface area contributed by atoms with E-state index in [1.807, 2.05) is 13.0 Å². The molecule has 0 amide bonds. The van der Waals surface area contributed by atoms with Crippen LogP contribution in [0.2, 0.25) is 36.3 Å². The Bertz CT molecular complexity index is 1450. The van der Waals surface area contributed by atoms with Crippen molar-refractivity contribution < 1.29 is 18.4 Å². The number of esters is 1. The maximum Gasteiger partial charge on any atom is 0.330 e. The molecule has 3 saturated carbocycles. The number of benzene rings is 1. The molecule has 1 aromatic rings. The molecule has 1 aromatic carbocycles. The lowest BCUT2D eigenvalue weighted by Gasteiger charge is -2.42. The summed E-state index contributed by atoms with van der Waals surface area (Å²) in [7, 11) is -4.03. The van der Waals surface area contributed by atoms with Gasteiger partial charge in [0.1, 0.15) is 6.10 Å². The molecular formula is C45H72O4Si2. The second-order valence-corrected chi connectivity index (χ2v) is 29.2. The minimum absolute atomic E-state index is 0.0525. The minimum atomic E-state index is -2.03. The Labute approximate surface area is 315 Å². The van der Waals surface area contributed by atoms with Crippen LogP contribution >= 0.6 is 0 Å². The quantitative estimate of drug-likeness (QED) is 0.0747. The first-order valence-electron chi connectivity index (χ1n) is 20.0. The summed E-state index contributed by atoms with van der Waals surface area (Å²) in [6.45, 7) is 32.1. The van der Waals surface area contributed by atoms with Crippen molar-refractivity contribution in [3.8, 4) is 11.8 Å². The van der Waals surface area contributed by atoms with Crippen LogP contribution in [0.3, 0.4) is 0 Å². The Morgan fingerprint density at radius 2 is 1.51 bits per heavy atom. The highest BCUT2D eigenvalue weighted by Gasteiger charge is 2.50. The number of ether oxygens (including phenoxy) is 1. The van der Waals surface area contributed by atoms with Crippen LogP contribution in [-0.2, 0) is 23.8 Å². The molecule has 0 bridgehead atoms. The summed E-state index contributed by atoms with van der Waals surface area (Å²) in [5.41, 5.74) is 2.50. The van der Waals surface area contributed by atoms with Crippen molar-refractivity contribution in [2.24, 2.45) is 29.6 Å². The lowest BCUT2D eigenvalue weighted by molar-refractivity contribution is -0.149. The predicted molar refractivity (Wildman–Crippen MR) is 220 cm³/mol. The third-order valence-electron chi connectivity index (χ3n) is 13.7. The third-order valence-corrected chi connectivity index (χ3v) is 22.7. The fourth-order valence-corrected chi connectivity index (χ4v) is 11.1. The first-order valence-corrected chi connectivity index (χ1v) is 25.8. The van der Waals surface area contributed by atoms with E-state index < -0.39 is 16.6 Å². The van der Waals surface area contributed by atoms with E-state index in [4.69, 9.17) is 13.6 Å². The van der Waals surface area contributed by atoms with Gasteiger partial charge in [-0.3, -0.25) is 0 Å². The van der Waals surface area contributed by atoms with Gasteiger partial charge in [0, 0.05) is 23.8 Å². The molecule has 0 heterocycles. The topological polar surface area (TPSA) is 44.8 Å². The van der Waals surface area contributed by atoms with E-state index >= 15 is 0 Å². The van der Waals surface area contributed by atoms with E-state index in [-0.39, 0.29) is 51.6 Å². The lowest BCUT2D eigenvalue weighted by atomic mass is 9.66. The summed E-state index contributed by atoms with van der Waals surface area (Å²) in [6.07, 6.45) is 13.9. The van der Waals surface area contributed by atoms with Gasteiger partial charge in [0.25, 0.3) is 0 Å². The van der Waals surface area contributed by atoms with Crippen LogP contribution in [0.1, 0.15) is 120 Å². The van der Waals surface area contributed by atoms with E-state index in [0.717, 1.165) is 38.5 Å². The standard InChI is InChI=1S/C45H72O4Si2/c1-15-21-32(2)39(48-50(11,12)43(3,4)5)27-26-36-37-29-33(28-34(37)31-41(36)49-51(13,14)44(6,7)8)30-42(46)47-40-25-20-19-24-38(40)45(9,10)35-22-17-16-18-23-35/h16-18,22-23,26-27,30,32,34,36-41H,19-20,24-25,28-29,31H2,1-14H3/b27-26+,33-30+/t32-,34-,36+,37-,38-,39+,40-,41+/m0/s1. The van der Waals surface area contributed by atoms with Gasteiger partial charge >= 0.3 is 5.97 Å². The van der Waals surface area contributed by atoms with Gasteiger partial charge in [-0.15, -0.1) is 5.92 Å². The predicted octanol–water partition coefficient (Wildman–Crippen LogP) is 12.0. The zero-order valence-electron chi connectivity index (χ0n) is 34.8. The number of carbonyl (C=O) groups is 1. The second-order valence-electron chi connectivity index (χ2n) is 19.7.